The number of aromatic nitrogens is 2. The summed E-state index contributed by atoms with van der Waals surface area (Å²) in [5.74, 6) is 0.114. The monoisotopic (exact) mass is 362 g/mol. The molecule has 3 heterocycles. The summed E-state index contributed by atoms with van der Waals surface area (Å²) in [7, 11) is 1.88. The van der Waals surface area contributed by atoms with Gasteiger partial charge in [-0.15, -0.1) is 0 Å². The number of H-pyrrole nitrogens is 1. The third-order valence-electron chi connectivity index (χ3n) is 5.84. The van der Waals surface area contributed by atoms with Crippen molar-refractivity contribution in [3.05, 3.63) is 59.7 Å². The van der Waals surface area contributed by atoms with Gasteiger partial charge in [0.05, 0.1) is 11.3 Å². The maximum Gasteiger partial charge on any atom is 0.256 e. The van der Waals surface area contributed by atoms with Crippen molar-refractivity contribution in [3.8, 4) is 22.4 Å². The highest BCUT2D eigenvalue weighted by molar-refractivity contribution is 6.07. The van der Waals surface area contributed by atoms with E-state index in [1.165, 1.54) is 12.1 Å². The second-order valence-corrected chi connectivity index (χ2v) is 7.47. The van der Waals surface area contributed by atoms with E-state index < -0.39 is 0 Å². The number of nitrogens with two attached hydrogens (primary N) is 1. The van der Waals surface area contributed by atoms with E-state index in [0.717, 1.165) is 47.3 Å². The molecule has 1 aliphatic heterocycles. The number of likely N-dealkylation sites (N-methyl/N-ethyl adjacent to an activating group) is 1. The Kier molecular flexibility index (Phi) is 3.22. The molecule has 1 aromatic carbocycles. The number of benzene rings is 1. The molecule has 2 aromatic heterocycles. The highest BCUT2D eigenvalue weighted by Crippen LogP contribution is 2.50. The van der Waals surface area contributed by atoms with Gasteiger partial charge in [0.2, 0.25) is 0 Å². The number of carbonyl (C=O) groups excluding carboxylic acids is 1. The molecule has 0 atom stereocenters. The number of halogens is 1. The van der Waals surface area contributed by atoms with Crippen LogP contribution in [0.1, 0.15) is 28.9 Å². The van der Waals surface area contributed by atoms with Crippen LogP contribution in [0.3, 0.4) is 0 Å². The smallest absolute Gasteiger partial charge is 0.256 e. The lowest BCUT2D eigenvalue weighted by atomic mass is 9.91. The summed E-state index contributed by atoms with van der Waals surface area (Å²) in [4.78, 5) is 22.7. The van der Waals surface area contributed by atoms with Gasteiger partial charge in [0.15, 0.2) is 0 Å². The number of hydrogen-bond acceptors (Lipinski definition) is 3. The number of pyridine rings is 1. The first kappa shape index (κ1) is 16.1. The number of amides is 1. The van der Waals surface area contributed by atoms with Crippen LogP contribution in [0, 0.1) is 5.82 Å². The first-order chi connectivity index (χ1) is 13.0. The van der Waals surface area contributed by atoms with Crippen molar-refractivity contribution >= 4 is 11.7 Å². The Bertz CT molecular complexity index is 1070. The fourth-order valence-corrected chi connectivity index (χ4v) is 4.13. The number of aromatic amines is 1. The molecule has 1 saturated carbocycles. The largest absolute Gasteiger partial charge is 0.384 e. The Morgan fingerprint density at radius 1 is 1.15 bits per heavy atom. The van der Waals surface area contributed by atoms with Gasteiger partial charge in [-0.1, -0.05) is 12.1 Å². The molecule has 0 saturated heterocycles. The van der Waals surface area contributed by atoms with Crippen LogP contribution in [0.2, 0.25) is 0 Å². The fraction of sp³-hybridized carbons (Fsp3) is 0.238. The number of anilines is 1. The Hall–Kier alpha value is -3.15. The van der Waals surface area contributed by atoms with Crippen molar-refractivity contribution in [2.75, 3.05) is 12.8 Å². The van der Waals surface area contributed by atoms with Crippen molar-refractivity contribution < 1.29 is 9.18 Å². The van der Waals surface area contributed by atoms with Gasteiger partial charge in [-0.2, -0.15) is 0 Å². The molecule has 6 heteroatoms. The third-order valence-corrected chi connectivity index (χ3v) is 5.84. The lowest BCUT2D eigenvalue weighted by Crippen LogP contribution is -2.44. The number of rotatable bonds is 2. The second kappa shape index (κ2) is 5.42. The highest BCUT2D eigenvalue weighted by Gasteiger charge is 2.53. The topological polar surface area (TPSA) is 75.0 Å². The number of nitrogen functional groups attached to an aromatic ring is 1. The van der Waals surface area contributed by atoms with Gasteiger partial charge in [-0.05, 0) is 42.7 Å². The van der Waals surface area contributed by atoms with E-state index >= 15 is 0 Å². The van der Waals surface area contributed by atoms with Crippen LogP contribution >= 0.6 is 0 Å². The summed E-state index contributed by atoms with van der Waals surface area (Å²) >= 11 is 0. The van der Waals surface area contributed by atoms with Gasteiger partial charge in [0.25, 0.3) is 5.91 Å². The van der Waals surface area contributed by atoms with Crippen LogP contribution < -0.4 is 5.73 Å². The number of carbonyl (C=O) groups is 1. The number of fused-ring (bicyclic) bond motifs is 1. The minimum absolute atomic E-state index is 0.0117. The molecule has 27 heavy (non-hydrogen) atoms. The summed E-state index contributed by atoms with van der Waals surface area (Å²) in [6.07, 6.45) is 4.50. The minimum Gasteiger partial charge on any atom is -0.384 e. The molecule has 5 nitrogen and oxygen atoms in total. The maximum atomic E-state index is 13.5. The molecule has 1 amide bonds. The van der Waals surface area contributed by atoms with Crippen LogP contribution in [-0.4, -0.2) is 33.4 Å². The molecular weight excluding hydrogens is 343 g/mol. The number of nitrogens with zero attached hydrogens (tertiary/aromatic N) is 2. The molecule has 2 aliphatic rings. The Morgan fingerprint density at radius 2 is 1.89 bits per heavy atom. The molecule has 0 radical (unpaired) electrons. The first-order valence-electron chi connectivity index (χ1n) is 8.99. The van der Waals surface area contributed by atoms with Gasteiger partial charge in [0.1, 0.15) is 11.6 Å². The zero-order chi connectivity index (χ0) is 18.8. The first-order valence-corrected chi connectivity index (χ1v) is 8.99. The van der Waals surface area contributed by atoms with Gasteiger partial charge < -0.3 is 15.6 Å². The third kappa shape index (κ3) is 2.36. The second-order valence-electron chi connectivity index (χ2n) is 7.47. The predicted molar refractivity (Wildman–Crippen MR) is 102 cm³/mol. The van der Waals surface area contributed by atoms with E-state index in [2.05, 4.69) is 9.97 Å². The van der Waals surface area contributed by atoms with E-state index in [1.54, 1.807) is 24.4 Å². The predicted octanol–water partition coefficient (Wildman–Crippen LogP) is 3.63. The van der Waals surface area contributed by atoms with Crippen molar-refractivity contribution in [1.82, 2.24) is 14.9 Å². The molecule has 5 rings (SSSR count). The summed E-state index contributed by atoms with van der Waals surface area (Å²) < 4.78 is 13.5. The zero-order valence-electron chi connectivity index (χ0n) is 14.9. The Labute approximate surface area is 156 Å². The lowest BCUT2D eigenvalue weighted by molar-refractivity contribution is 0.0681. The number of hydrogen-bond donors (Lipinski definition) is 2. The lowest BCUT2D eigenvalue weighted by Gasteiger charge is -2.33. The molecule has 1 spiro atoms. The molecule has 0 bridgehead atoms. The molecule has 0 unspecified atom stereocenters. The van der Waals surface area contributed by atoms with Crippen LogP contribution in [0.25, 0.3) is 22.4 Å². The maximum absolute atomic E-state index is 13.5. The van der Waals surface area contributed by atoms with Crippen molar-refractivity contribution in [1.29, 1.82) is 0 Å². The molecule has 1 aliphatic carbocycles. The van der Waals surface area contributed by atoms with E-state index in [-0.39, 0.29) is 17.3 Å². The Balaban J connectivity index is 1.77. The van der Waals surface area contributed by atoms with E-state index in [1.807, 2.05) is 18.0 Å². The van der Waals surface area contributed by atoms with E-state index in [4.69, 9.17) is 5.73 Å². The summed E-state index contributed by atoms with van der Waals surface area (Å²) in [5, 5.41) is 0. The van der Waals surface area contributed by atoms with Crippen molar-refractivity contribution in [3.63, 3.8) is 0 Å². The van der Waals surface area contributed by atoms with Crippen LogP contribution in [0.15, 0.2) is 42.6 Å². The van der Waals surface area contributed by atoms with Crippen LogP contribution in [-0.2, 0) is 6.42 Å². The summed E-state index contributed by atoms with van der Waals surface area (Å²) in [6, 6.07) is 9.90. The normalized spacial score (nSPS) is 17.3. The quantitative estimate of drug-likeness (QED) is 0.731. The molecule has 136 valence electrons. The summed E-state index contributed by atoms with van der Waals surface area (Å²) in [5.41, 5.74) is 10.7. The molecular formula is C21H19FN4O. The van der Waals surface area contributed by atoms with Crippen LogP contribution in [0.4, 0.5) is 10.2 Å². The zero-order valence-corrected chi connectivity index (χ0v) is 14.9. The van der Waals surface area contributed by atoms with Gasteiger partial charge in [-0.25, -0.2) is 9.37 Å². The van der Waals surface area contributed by atoms with Gasteiger partial charge in [0, 0.05) is 42.0 Å². The van der Waals surface area contributed by atoms with Gasteiger partial charge in [-0.3, -0.25) is 4.79 Å². The van der Waals surface area contributed by atoms with Crippen molar-refractivity contribution in [2.45, 2.75) is 24.8 Å². The van der Waals surface area contributed by atoms with Crippen LogP contribution in [0.5, 0.6) is 0 Å². The highest BCUT2D eigenvalue weighted by atomic mass is 19.1. The average molecular weight is 362 g/mol. The standard InChI is InChI=1S/C21H19FN4O/c1-26-20(27)18-15(11-21(26)7-8-21)25-19(13-6-9-24-16(23)10-13)17(18)12-2-4-14(22)5-3-12/h2-6,9-10,25H,7-8,11H2,1H3,(H2,23,24). The van der Waals surface area contributed by atoms with E-state index in [9.17, 15) is 9.18 Å². The average Bonchev–Trinajstić information content (AvgIpc) is 3.33. The molecule has 3 N–H and O–H groups in total. The Morgan fingerprint density at radius 3 is 2.56 bits per heavy atom. The molecule has 1 fully saturated rings. The van der Waals surface area contributed by atoms with Crippen molar-refractivity contribution in [2.24, 2.45) is 0 Å². The summed E-state index contributed by atoms with van der Waals surface area (Å²) in [6.45, 7) is 0. The van der Waals surface area contributed by atoms with E-state index in [0.29, 0.717) is 11.4 Å². The number of nitrogens with one attached hydrogen (secondary N) is 1. The van der Waals surface area contributed by atoms with Gasteiger partial charge >= 0.3 is 0 Å². The molecule has 3 aromatic rings. The SMILES string of the molecule is CN1C(=O)c2c([nH]c(-c3ccnc(N)c3)c2-c2ccc(F)cc2)CC12CC2. The minimum atomic E-state index is -0.307. The fourth-order valence-electron chi connectivity index (χ4n) is 4.13.